The first-order chi connectivity index (χ1) is 7.66. The molecule has 1 unspecified atom stereocenters. The van der Waals surface area contributed by atoms with E-state index >= 15 is 0 Å². The van der Waals surface area contributed by atoms with Gasteiger partial charge in [-0.1, -0.05) is 11.6 Å². The largest absolute Gasteiger partial charge is 0.299 e. The Bertz CT molecular complexity index is 402. The molecule has 0 saturated carbocycles. The van der Waals surface area contributed by atoms with Crippen LogP contribution in [0.15, 0.2) is 18.2 Å². The van der Waals surface area contributed by atoms with Gasteiger partial charge in [0.25, 0.3) is 0 Å². The van der Waals surface area contributed by atoms with Crippen molar-refractivity contribution in [2.45, 2.75) is 12.8 Å². The van der Waals surface area contributed by atoms with E-state index in [1.165, 1.54) is 18.2 Å². The van der Waals surface area contributed by atoms with Crippen LogP contribution in [0.2, 0.25) is 5.02 Å². The lowest BCUT2D eigenvalue weighted by atomic mass is 9.97. The van der Waals surface area contributed by atoms with Crippen LogP contribution in [0.5, 0.6) is 0 Å². The molecule has 1 atom stereocenters. The Balaban J connectivity index is 2.07. The van der Waals surface area contributed by atoms with E-state index in [4.69, 9.17) is 11.6 Å². The molecule has 1 nitrogen and oxygen atoms in total. The topological polar surface area (TPSA) is 17.1 Å². The van der Waals surface area contributed by atoms with Gasteiger partial charge in [0.1, 0.15) is 11.6 Å². The highest BCUT2D eigenvalue weighted by Gasteiger charge is 2.23. The second-order valence-electron chi connectivity index (χ2n) is 3.94. The maximum absolute atomic E-state index is 13.0. The fourth-order valence-electron chi connectivity index (χ4n) is 1.80. The van der Waals surface area contributed by atoms with Crippen molar-refractivity contribution in [3.05, 3.63) is 34.6 Å². The Morgan fingerprint density at radius 2 is 2.38 bits per heavy atom. The minimum absolute atomic E-state index is 0.129. The van der Waals surface area contributed by atoms with Crippen LogP contribution in [0.1, 0.15) is 12.0 Å². The molecule has 0 spiro atoms. The normalized spacial score (nSPS) is 20.0. The van der Waals surface area contributed by atoms with Gasteiger partial charge in [-0.15, -0.1) is 0 Å². The Hall–Kier alpha value is -0.540. The SMILES string of the molecule is O=C(Cc1cc(F)ccc1Cl)C1CCSC1. The van der Waals surface area contributed by atoms with Crippen LogP contribution in [-0.2, 0) is 11.2 Å². The molecule has 1 aromatic carbocycles. The van der Waals surface area contributed by atoms with Gasteiger partial charge in [-0.2, -0.15) is 11.8 Å². The summed E-state index contributed by atoms with van der Waals surface area (Å²) in [4.78, 5) is 11.9. The lowest BCUT2D eigenvalue weighted by molar-refractivity contribution is -0.121. The molecular formula is C12H12ClFOS. The number of hydrogen-bond donors (Lipinski definition) is 0. The molecule has 1 aliphatic heterocycles. The fourth-order valence-corrected chi connectivity index (χ4v) is 3.24. The van der Waals surface area contributed by atoms with E-state index in [0.29, 0.717) is 10.6 Å². The zero-order valence-electron chi connectivity index (χ0n) is 8.71. The number of Topliss-reactive ketones (excluding diaryl/α,β-unsaturated/α-hetero) is 1. The Kier molecular flexibility index (Phi) is 3.87. The third kappa shape index (κ3) is 2.77. The highest BCUT2D eigenvalue weighted by Crippen LogP contribution is 2.26. The smallest absolute Gasteiger partial charge is 0.141 e. The third-order valence-electron chi connectivity index (χ3n) is 2.76. The molecule has 1 saturated heterocycles. The lowest BCUT2D eigenvalue weighted by Crippen LogP contribution is -2.16. The summed E-state index contributed by atoms with van der Waals surface area (Å²) in [6.45, 7) is 0. The maximum atomic E-state index is 13.0. The molecular weight excluding hydrogens is 247 g/mol. The summed E-state index contributed by atoms with van der Waals surface area (Å²) < 4.78 is 13.0. The van der Waals surface area contributed by atoms with Crippen molar-refractivity contribution in [2.24, 2.45) is 5.92 Å². The van der Waals surface area contributed by atoms with E-state index < -0.39 is 0 Å². The van der Waals surface area contributed by atoms with Gasteiger partial charge >= 0.3 is 0 Å². The summed E-state index contributed by atoms with van der Waals surface area (Å²) in [5, 5.41) is 0.473. The minimum atomic E-state index is -0.340. The van der Waals surface area contributed by atoms with Crippen molar-refractivity contribution < 1.29 is 9.18 Å². The highest BCUT2D eigenvalue weighted by molar-refractivity contribution is 7.99. The number of benzene rings is 1. The van der Waals surface area contributed by atoms with E-state index in [1.807, 2.05) is 0 Å². The first-order valence-corrected chi connectivity index (χ1v) is 6.74. The van der Waals surface area contributed by atoms with Crippen LogP contribution in [0, 0.1) is 11.7 Å². The Labute approximate surface area is 103 Å². The summed E-state index contributed by atoms with van der Waals surface area (Å²) in [7, 11) is 0. The number of hydrogen-bond acceptors (Lipinski definition) is 2. The predicted octanol–water partition coefficient (Wildman–Crippen LogP) is 3.34. The van der Waals surface area contributed by atoms with Crippen LogP contribution in [0.25, 0.3) is 0 Å². The first-order valence-electron chi connectivity index (χ1n) is 5.21. The standard InChI is InChI=1S/C12H12ClFOS/c13-11-2-1-10(14)5-9(11)6-12(15)8-3-4-16-7-8/h1-2,5,8H,3-4,6-7H2. The summed E-state index contributed by atoms with van der Waals surface area (Å²) >= 11 is 7.72. The van der Waals surface area contributed by atoms with Gasteiger partial charge in [0.15, 0.2) is 0 Å². The minimum Gasteiger partial charge on any atom is -0.299 e. The van der Waals surface area contributed by atoms with Gasteiger partial charge in [-0.25, -0.2) is 4.39 Å². The van der Waals surface area contributed by atoms with Crippen LogP contribution in [0.3, 0.4) is 0 Å². The molecule has 1 heterocycles. The first kappa shape index (κ1) is 11.9. The second kappa shape index (κ2) is 5.19. The van der Waals surface area contributed by atoms with Crippen molar-refractivity contribution >= 4 is 29.1 Å². The molecule has 0 N–H and O–H groups in total. The van der Waals surface area contributed by atoms with Gasteiger partial charge in [-0.3, -0.25) is 4.79 Å². The zero-order chi connectivity index (χ0) is 11.5. The summed E-state index contributed by atoms with van der Waals surface area (Å²) in [5.74, 6) is 1.91. The van der Waals surface area contributed by atoms with Crippen molar-refractivity contribution in [3.63, 3.8) is 0 Å². The van der Waals surface area contributed by atoms with Gasteiger partial charge in [0, 0.05) is 23.1 Å². The molecule has 2 rings (SSSR count). The Morgan fingerprint density at radius 1 is 1.56 bits per heavy atom. The van der Waals surface area contributed by atoms with Crippen molar-refractivity contribution in [1.82, 2.24) is 0 Å². The molecule has 1 aromatic rings. The summed E-state index contributed by atoms with van der Waals surface area (Å²) in [5.41, 5.74) is 0.601. The number of carbonyl (C=O) groups excluding carboxylic acids is 1. The second-order valence-corrected chi connectivity index (χ2v) is 5.50. The van der Waals surface area contributed by atoms with Gasteiger partial charge in [0.2, 0.25) is 0 Å². The van der Waals surface area contributed by atoms with Crippen LogP contribution < -0.4 is 0 Å². The molecule has 16 heavy (non-hydrogen) atoms. The highest BCUT2D eigenvalue weighted by atomic mass is 35.5. The molecule has 0 aliphatic carbocycles. The van der Waals surface area contributed by atoms with E-state index in [9.17, 15) is 9.18 Å². The molecule has 0 bridgehead atoms. The molecule has 0 aromatic heterocycles. The molecule has 86 valence electrons. The molecule has 4 heteroatoms. The van der Waals surface area contributed by atoms with Crippen LogP contribution in [0.4, 0.5) is 4.39 Å². The van der Waals surface area contributed by atoms with E-state index in [0.717, 1.165) is 17.9 Å². The predicted molar refractivity (Wildman–Crippen MR) is 65.6 cm³/mol. The number of carbonyl (C=O) groups is 1. The monoisotopic (exact) mass is 258 g/mol. The maximum Gasteiger partial charge on any atom is 0.141 e. The van der Waals surface area contributed by atoms with E-state index in [-0.39, 0.29) is 23.9 Å². The van der Waals surface area contributed by atoms with Crippen molar-refractivity contribution in [3.8, 4) is 0 Å². The van der Waals surface area contributed by atoms with Crippen LogP contribution >= 0.6 is 23.4 Å². The van der Waals surface area contributed by atoms with Crippen LogP contribution in [-0.4, -0.2) is 17.3 Å². The number of ketones is 1. The van der Waals surface area contributed by atoms with E-state index in [1.54, 1.807) is 11.8 Å². The third-order valence-corrected chi connectivity index (χ3v) is 4.29. The molecule has 1 aliphatic rings. The number of rotatable bonds is 3. The number of thioether (sulfide) groups is 1. The molecule has 0 radical (unpaired) electrons. The Morgan fingerprint density at radius 3 is 3.06 bits per heavy atom. The summed E-state index contributed by atoms with van der Waals surface area (Å²) in [6, 6.07) is 4.16. The van der Waals surface area contributed by atoms with Crippen molar-refractivity contribution in [1.29, 1.82) is 0 Å². The van der Waals surface area contributed by atoms with Gasteiger partial charge in [-0.05, 0) is 35.9 Å². The average molecular weight is 259 g/mol. The zero-order valence-corrected chi connectivity index (χ0v) is 10.3. The summed E-state index contributed by atoms with van der Waals surface area (Å²) in [6.07, 6.45) is 1.19. The molecule has 1 fully saturated rings. The quantitative estimate of drug-likeness (QED) is 0.827. The van der Waals surface area contributed by atoms with Gasteiger partial charge in [0.05, 0.1) is 0 Å². The van der Waals surface area contributed by atoms with E-state index in [2.05, 4.69) is 0 Å². The average Bonchev–Trinajstić information content (AvgIpc) is 2.76. The van der Waals surface area contributed by atoms with Crippen molar-refractivity contribution in [2.75, 3.05) is 11.5 Å². The molecule has 0 amide bonds. The lowest BCUT2D eigenvalue weighted by Gasteiger charge is -2.08. The van der Waals surface area contributed by atoms with Gasteiger partial charge < -0.3 is 0 Å². The number of halogens is 2. The fraction of sp³-hybridized carbons (Fsp3) is 0.417.